The Bertz CT molecular complexity index is 197. The lowest BCUT2D eigenvalue weighted by Gasteiger charge is -2.20. The Morgan fingerprint density at radius 1 is 1.33 bits per heavy atom. The van der Waals surface area contributed by atoms with Crippen LogP contribution in [0.2, 0.25) is 0 Å². The molecule has 0 unspecified atom stereocenters. The Kier molecular flexibility index (Phi) is 3.22. The fraction of sp³-hybridized carbons (Fsp3) is 0.750. The quantitative estimate of drug-likeness (QED) is 0.520. The van der Waals surface area contributed by atoms with Gasteiger partial charge in [0.1, 0.15) is 5.84 Å². The average Bonchev–Trinajstić information content (AvgIpc) is 2.11. The van der Waals surface area contributed by atoms with Crippen molar-refractivity contribution < 1.29 is 0 Å². The number of amidine groups is 1. The fourth-order valence-corrected chi connectivity index (χ4v) is 0.950. The summed E-state index contributed by atoms with van der Waals surface area (Å²) in [5.41, 5.74) is 0. The summed E-state index contributed by atoms with van der Waals surface area (Å²) in [4.78, 5) is 4.33. The topological polar surface area (TPSA) is 31.2 Å². The number of nitrogens with zero attached hydrogens (tertiary/aromatic N) is 4. The molecule has 1 aliphatic rings. The van der Waals surface area contributed by atoms with Crippen LogP contribution in [0.1, 0.15) is 6.92 Å². The second-order valence-corrected chi connectivity index (χ2v) is 3.13. The molecular weight excluding hydrogens is 152 g/mol. The first kappa shape index (κ1) is 9.19. The molecule has 0 saturated carbocycles. The maximum Gasteiger partial charge on any atom is 0.124 e. The summed E-state index contributed by atoms with van der Waals surface area (Å²) in [6.45, 7) is 4.91. The van der Waals surface area contributed by atoms with Gasteiger partial charge in [0, 0.05) is 32.9 Å². The van der Waals surface area contributed by atoms with Gasteiger partial charge in [0.05, 0.1) is 0 Å². The Balaban J connectivity index is 2.61. The first-order valence-electron chi connectivity index (χ1n) is 4.16. The van der Waals surface area contributed by atoms with Crippen molar-refractivity contribution in [1.82, 2.24) is 9.80 Å². The molecule has 1 aliphatic heterocycles. The molecule has 0 aromatic carbocycles. The molecule has 12 heavy (non-hydrogen) atoms. The molecule has 0 fully saturated rings. The number of rotatable bonds is 0. The first-order chi connectivity index (χ1) is 5.70. The third-order valence-corrected chi connectivity index (χ3v) is 2.05. The molecule has 68 valence electrons. The minimum absolute atomic E-state index is 0.880. The molecule has 0 radical (unpaired) electrons. The number of likely N-dealkylation sites (N-methyl/N-ethyl adjacent to an activating group) is 2. The highest BCUT2D eigenvalue weighted by atomic mass is 15.3. The van der Waals surface area contributed by atoms with E-state index in [0.717, 1.165) is 25.5 Å². The Morgan fingerprint density at radius 3 is 2.83 bits per heavy atom. The van der Waals surface area contributed by atoms with E-state index >= 15 is 0 Å². The molecule has 0 atom stereocenters. The van der Waals surface area contributed by atoms with Gasteiger partial charge >= 0.3 is 0 Å². The Labute approximate surface area is 73.6 Å². The SMILES string of the molecule is C/C1=N/N=C/CN(C)CCN1C. The van der Waals surface area contributed by atoms with E-state index in [1.165, 1.54) is 0 Å². The van der Waals surface area contributed by atoms with Crippen LogP contribution in [0.25, 0.3) is 0 Å². The molecule has 0 saturated heterocycles. The summed E-state index contributed by atoms with van der Waals surface area (Å²) in [5.74, 6) is 0.974. The minimum Gasteiger partial charge on any atom is -0.361 e. The van der Waals surface area contributed by atoms with Crippen LogP contribution in [0.4, 0.5) is 0 Å². The van der Waals surface area contributed by atoms with Gasteiger partial charge < -0.3 is 4.90 Å². The summed E-state index contributed by atoms with van der Waals surface area (Å²) in [5, 5.41) is 8.00. The van der Waals surface area contributed by atoms with Crippen LogP contribution in [0.5, 0.6) is 0 Å². The van der Waals surface area contributed by atoms with Gasteiger partial charge in [-0.3, -0.25) is 4.90 Å². The second-order valence-electron chi connectivity index (χ2n) is 3.13. The predicted molar refractivity (Wildman–Crippen MR) is 51.7 cm³/mol. The largest absolute Gasteiger partial charge is 0.361 e. The third kappa shape index (κ3) is 2.62. The van der Waals surface area contributed by atoms with E-state index < -0.39 is 0 Å². The van der Waals surface area contributed by atoms with Crippen molar-refractivity contribution in [3.8, 4) is 0 Å². The summed E-state index contributed by atoms with van der Waals surface area (Å²) >= 11 is 0. The summed E-state index contributed by atoms with van der Waals surface area (Å²) in [7, 11) is 4.12. The van der Waals surface area contributed by atoms with Crippen molar-refractivity contribution in [1.29, 1.82) is 0 Å². The lowest BCUT2D eigenvalue weighted by atomic mass is 10.4. The summed E-state index contributed by atoms with van der Waals surface area (Å²) < 4.78 is 0. The highest BCUT2D eigenvalue weighted by Gasteiger charge is 2.03. The van der Waals surface area contributed by atoms with Crippen molar-refractivity contribution in [2.24, 2.45) is 10.2 Å². The maximum atomic E-state index is 4.04. The van der Waals surface area contributed by atoms with Gasteiger partial charge in [0.15, 0.2) is 0 Å². The van der Waals surface area contributed by atoms with Gasteiger partial charge in [-0.2, -0.15) is 5.10 Å². The maximum absolute atomic E-state index is 4.04. The molecule has 0 N–H and O–H groups in total. The smallest absolute Gasteiger partial charge is 0.124 e. The Morgan fingerprint density at radius 2 is 2.08 bits per heavy atom. The molecule has 0 amide bonds. The van der Waals surface area contributed by atoms with E-state index in [1.54, 1.807) is 0 Å². The van der Waals surface area contributed by atoms with Crippen LogP contribution < -0.4 is 0 Å². The van der Waals surface area contributed by atoms with Gasteiger partial charge in [-0.05, 0) is 14.0 Å². The van der Waals surface area contributed by atoms with Crippen molar-refractivity contribution in [2.45, 2.75) is 6.92 Å². The zero-order valence-electron chi connectivity index (χ0n) is 7.99. The van der Waals surface area contributed by atoms with Crippen LogP contribution in [-0.4, -0.2) is 55.6 Å². The molecule has 1 heterocycles. The monoisotopic (exact) mass is 168 g/mol. The van der Waals surface area contributed by atoms with Crippen molar-refractivity contribution >= 4 is 12.1 Å². The molecule has 4 heteroatoms. The molecule has 0 aliphatic carbocycles. The normalized spacial score (nSPS) is 28.2. The molecular formula is C8H16N4. The lowest BCUT2D eigenvalue weighted by Crippen LogP contribution is -2.33. The molecule has 4 nitrogen and oxygen atoms in total. The second kappa shape index (κ2) is 4.21. The van der Waals surface area contributed by atoms with E-state index in [0.29, 0.717) is 0 Å². The molecule has 0 bridgehead atoms. The van der Waals surface area contributed by atoms with Crippen LogP contribution in [0.15, 0.2) is 10.2 Å². The summed E-state index contributed by atoms with van der Waals surface area (Å²) in [6, 6.07) is 0. The predicted octanol–water partition coefficient (Wildman–Crippen LogP) is 0.268. The van der Waals surface area contributed by atoms with Gasteiger partial charge in [-0.15, -0.1) is 5.10 Å². The third-order valence-electron chi connectivity index (χ3n) is 2.05. The van der Waals surface area contributed by atoms with Gasteiger partial charge in [-0.1, -0.05) is 0 Å². The van der Waals surface area contributed by atoms with E-state index in [2.05, 4.69) is 27.1 Å². The average molecular weight is 168 g/mol. The fourth-order valence-electron chi connectivity index (χ4n) is 0.950. The van der Waals surface area contributed by atoms with E-state index in [1.807, 2.05) is 20.2 Å². The molecule has 0 spiro atoms. The molecule has 1 rings (SSSR count). The van der Waals surface area contributed by atoms with Crippen molar-refractivity contribution in [3.63, 3.8) is 0 Å². The number of hydrogen-bond donors (Lipinski definition) is 0. The minimum atomic E-state index is 0.880. The zero-order chi connectivity index (χ0) is 8.97. The van der Waals surface area contributed by atoms with Gasteiger partial charge in [0.2, 0.25) is 0 Å². The van der Waals surface area contributed by atoms with Crippen LogP contribution in [0.3, 0.4) is 0 Å². The van der Waals surface area contributed by atoms with Gasteiger partial charge in [0.25, 0.3) is 0 Å². The highest BCUT2D eigenvalue weighted by Crippen LogP contribution is 1.92. The van der Waals surface area contributed by atoms with Crippen molar-refractivity contribution in [3.05, 3.63) is 0 Å². The zero-order valence-corrected chi connectivity index (χ0v) is 7.99. The van der Waals surface area contributed by atoms with Crippen molar-refractivity contribution in [2.75, 3.05) is 33.7 Å². The summed E-state index contributed by atoms with van der Waals surface area (Å²) in [6.07, 6.45) is 1.84. The molecule has 0 aromatic heterocycles. The van der Waals surface area contributed by atoms with Crippen LogP contribution >= 0.6 is 0 Å². The first-order valence-corrected chi connectivity index (χ1v) is 4.16. The standard InChI is InChI=1S/C8H16N4/c1-8-10-9-4-5-11(2)6-7-12(8)3/h4H,5-7H2,1-3H3/b9-4+,10-8-. The number of hydrogen-bond acceptors (Lipinski definition) is 4. The highest BCUT2D eigenvalue weighted by molar-refractivity contribution is 5.79. The van der Waals surface area contributed by atoms with E-state index in [4.69, 9.17) is 0 Å². The van der Waals surface area contributed by atoms with E-state index in [9.17, 15) is 0 Å². The van der Waals surface area contributed by atoms with Crippen LogP contribution in [-0.2, 0) is 0 Å². The Hall–Kier alpha value is -0.900. The molecule has 0 aromatic rings. The van der Waals surface area contributed by atoms with E-state index in [-0.39, 0.29) is 0 Å². The van der Waals surface area contributed by atoms with Crippen LogP contribution in [0, 0.1) is 0 Å². The van der Waals surface area contributed by atoms with Gasteiger partial charge in [-0.25, -0.2) is 0 Å². The lowest BCUT2D eigenvalue weighted by molar-refractivity contribution is 0.341.